The van der Waals surface area contributed by atoms with E-state index in [9.17, 15) is 4.79 Å². The van der Waals surface area contributed by atoms with E-state index >= 15 is 0 Å². The Kier molecular flexibility index (Phi) is 26.0. The number of fused-ring (bicyclic) bond motifs is 1. The standard InChI is InChI=1S/C37H32ClO3.C6H12.C3H3O.2U/c1-2-37(39)41-25-6-4-3-5-24-40-34-21-18-30(19-22-34)29-12-10-27(11-13-29)28-14-16-31(17-15-28)32-20-23-35-33(26-32)8-7-9-36(35)38;1-3-5-6-4-2;1-2-3-4;;/h2,7-8,10-23,26H,1,3-6,24-25H2;1-6H2;2H,1H2;;/q-1;-2;-1;2*+2. The Hall–Kier alpha value is -2.83. The second-order valence-electron chi connectivity index (χ2n) is 11.6. The first-order valence-electron chi connectivity index (χ1n) is 17.3. The fourth-order valence-corrected chi connectivity index (χ4v) is 5.38. The van der Waals surface area contributed by atoms with Gasteiger partial charge in [0.15, 0.2) is 0 Å². The summed E-state index contributed by atoms with van der Waals surface area (Å²) in [6.07, 6.45) is 12.2. The molecule has 0 radical (unpaired) electrons. The van der Waals surface area contributed by atoms with Gasteiger partial charge in [0, 0.05) is 6.08 Å². The maximum Gasteiger partial charge on any atom is 2.00 e. The van der Waals surface area contributed by atoms with Crippen molar-refractivity contribution >= 4 is 34.6 Å². The van der Waals surface area contributed by atoms with Crippen LogP contribution in [0.15, 0.2) is 128 Å². The Bertz CT molecular complexity index is 1780. The Morgan fingerprint density at radius 3 is 1.60 bits per heavy atom. The number of benzene rings is 5. The van der Waals surface area contributed by atoms with E-state index < -0.39 is 0 Å². The zero-order valence-electron chi connectivity index (χ0n) is 30.4. The van der Waals surface area contributed by atoms with Crippen LogP contribution in [0.1, 0.15) is 51.4 Å². The summed E-state index contributed by atoms with van der Waals surface area (Å²) >= 11 is 6.28. The molecule has 5 aromatic rings. The second-order valence-corrected chi connectivity index (χ2v) is 12.0. The van der Waals surface area contributed by atoms with Crippen LogP contribution < -0.4 is 4.74 Å². The van der Waals surface area contributed by atoms with Gasteiger partial charge in [-0.25, -0.2) is 17.4 Å². The molecule has 5 aromatic carbocycles. The molecule has 5 rings (SSSR count). The Morgan fingerprint density at radius 2 is 1.13 bits per heavy atom. The zero-order valence-corrected chi connectivity index (χ0v) is 39.5. The number of halogens is 1. The van der Waals surface area contributed by atoms with Gasteiger partial charge in [0.25, 0.3) is 0 Å². The normalized spacial score (nSPS) is 9.79. The number of carbonyl (C=O) groups is 1. The molecule has 7 heteroatoms. The molecule has 0 atom stereocenters. The van der Waals surface area contributed by atoms with Crippen molar-refractivity contribution in [3.63, 3.8) is 0 Å². The summed E-state index contributed by atoms with van der Waals surface area (Å²) < 4.78 is 10.9. The van der Waals surface area contributed by atoms with Crippen molar-refractivity contribution in [2.45, 2.75) is 51.4 Å². The molecule has 0 aromatic heterocycles. The van der Waals surface area contributed by atoms with Crippen LogP contribution in [0, 0.1) is 82.1 Å². The van der Waals surface area contributed by atoms with Crippen molar-refractivity contribution in [1.29, 1.82) is 0 Å². The van der Waals surface area contributed by atoms with Crippen molar-refractivity contribution in [2.75, 3.05) is 13.2 Å². The summed E-state index contributed by atoms with van der Waals surface area (Å²) in [7, 11) is 0. The predicted molar refractivity (Wildman–Crippen MR) is 214 cm³/mol. The summed E-state index contributed by atoms with van der Waals surface area (Å²) in [5, 5.41) is 2.79. The molecule has 53 heavy (non-hydrogen) atoms. The molecule has 0 amide bonds. The van der Waals surface area contributed by atoms with Crippen molar-refractivity contribution in [3.8, 4) is 39.1 Å². The van der Waals surface area contributed by atoms with Gasteiger partial charge in [0.05, 0.1) is 13.2 Å². The number of hydrogen-bond acceptors (Lipinski definition) is 4. The molecule has 0 aliphatic carbocycles. The summed E-state index contributed by atoms with van der Waals surface area (Å²) in [4.78, 5) is 19.9. The Labute approximate surface area is 369 Å². The molecular formula is C46H47ClO4U2. The minimum atomic E-state index is -0.359. The quantitative estimate of drug-likeness (QED) is 0.0428. The van der Waals surface area contributed by atoms with Crippen LogP contribution in [0.3, 0.4) is 0 Å². The van der Waals surface area contributed by atoms with Crippen molar-refractivity contribution < 1.29 is 81.3 Å². The van der Waals surface area contributed by atoms with Crippen LogP contribution in [0.5, 0.6) is 5.75 Å². The number of unbranched alkanes of at least 4 members (excludes halogenated alkanes) is 6. The molecular weight excluding hydrogens is 1130 g/mol. The minimum Gasteiger partial charge on any atom is -0.494 e. The molecule has 270 valence electrons. The van der Waals surface area contributed by atoms with E-state index in [-0.39, 0.29) is 68.2 Å². The van der Waals surface area contributed by atoms with Gasteiger partial charge >= 0.3 is 68.2 Å². The number of allylic oxidation sites excluding steroid dienone is 1. The molecule has 0 saturated heterocycles. The second kappa shape index (κ2) is 28.6. The van der Waals surface area contributed by atoms with Crippen LogP contribution in [-0.2, 0) is 14.3 Å². The van der Waals surface area contributed by atoms with E-state index in [0.717, 1.165) is 72.2 Å². The Morgan fingerprint density at radius 1 is 0.679 bits per heavy atom. The van der Waals surface area contributed by atoms with E-state index in [2.05, 4.69) is 112 Å². The minimum absolute atomic E-state index is 0. The fourth-order valence-electron chi connectivity index (χ4n) is 5.15. The van der Waals surface area contributed by atoms with Gasteiger partial charge in [-0.15, -0.1) is 28.4 Å². The topological polar surface area (TPSA) is 52.6 Å². The van der Waals surface area contributed by atoms with Gasteiger partial charge in [-0.05, 0) is 77.5 Å². The van der Waals surface area contributed by atoms with Crippen molar-refractivity contribution in [1.82, 2.24) is 0 Å². The average Bonchev–Trinajstić information content (AvgIpc) is 3.18. The van der Waals surface area contributed by atoms with Crippen LogP contribution in [-0.4, -0.2) is 25.5 Å². The summed E-state index contributed by atoms with van der Waals surface area (Å²) in [5.74, 6) is 0.514. The average molecular weight is 1180 g/mol. The van der Waals surface area contributed by atoms with Crippen LogP contribution >= 0.6 is 11.6 Å². The smallest absolute Gasteiger partial charge is 0.494 e. The number of hydrogen-bond donors (Lipinski definition) is 0. The largest absolute Gasteiger partial charge is 2.00 e. The van der Waals surface area contributed by atoms with Gasteiger partial charge in [0.2, 0.25) is 0 Å². The van der Waals surface area contributed by atoms with E-state index in [1.54, 1.807) is 0 Å². The third-order valence-electron chi connectivity index (χ3n) is 7.94. The summed E-state index contributed by atoms with van der Waals surface area (Å²) in [6, 6.07) is 38.9. The molecule has 0 bridgehead atoms. The zero-order chi connectivity index (χ0) is 36.7. The molecule has 0 aliphatic rings. The SMILES string of the molecule is C=CC(=O)OCCCCCCOc1ccc(-c2ccc(-c3ccc(-c4ccc5c(Cl)[c-]ccc5c4)cc3)cc2)cc1.C=C[C-]=O.[CH2-]CCCC[CH2-].[U+2].[U+2]. The van der Waals surface area contributed by atoms with Gasteiger partial charge < -0.3 is 28.1 Å². The van der Waals surface area contributed by atoms with Gasteiger partial charge in [0.1, 0.15) is 5.75 Å². The third kappa shape index (κ3) is 17.5. The monoisotopic (exact) mass is 1170 g/mol. The molecule has 0 heterocycles. The third-order valence-corrected chi connectivity index (χ3v) is 8.25. The van der Waals surface area contributed by atoms with Crippen molar-refractivity contribution in [3.05, 3.63) is 153 Å². The first-order valence-corrected chi connectivity index (χ1v) is 17.7. The van der Waals surface area contributed by atoms with Crippen LogP contribution in [0.4, 0.5) is 0 Å². The molecule has 0 unspecified atom stereocenters. The molecule has 0 N–H and O–H groups in total. The van der Waals surface area contributed by atoms with E-state index in [1.807, 2.05) is 24.3 Å². The molecule has 4 nitrogen and oxygen atoms in total. The number of esters is 1. The first kappa shape index (κ1) is 48.2. The van der Waals surface area contributed by atoms with Gasteiger partial charge in [-0.1, -0.05) is 97.2 Å². The fraction of sp³-hybridized carbons (Fsp3) is 0.217. The summed E-state index contributed by atoms with van der Waals surface area (Å²) in [5.41, 5.74) is 7.02. The molecule has 0 fully saturated rings. The number of rotatable bonds is 16. The van der Waals surface area contributed by atoms with Crippen LogP contribution in [0.25, 0.3) is 44.2 Å². The molecule has 0 aliphatic heterocycles. The predicted octanol–water partition coefficient (Wildman–Crippen LogP) is 12.5. The van der Waals surface area contributed by atoms with E-state index in [4.69, 9.17) is 25.9 Å². The first-order chi connectivity index (χ1) is 24.9. The van der Waals surface area contributed by atoms with E-state index in [1.165, 1.54) is 47.5 Å². The van der Waals surface area contributed by atoms with Gasteiger partial charge in [-0.3, -0.25) is 0 Å². The number of carbonyl (C=O) groups excluding carboxylic acids is 2. The maximum absolute atomic E-state index is 11.0. The molecule has 0 saturated carbocycles. The van der Waals surface area contributed by atoms with Gasteiger partial charge in [-0.2, -0.15) is 31.0 Å². The van der Waals surface area contributed by atoms with E-state index in [0.29, 0.717) is 18.2 Å². The Balaban J connectivity index is 0.00000104. The van der Waals surface area contributed by atoms with Crippen LogP contribution in [0.2, 0.25) is 5.02 Å². The maximum atomic E-state index is 11.0. The van der Waals surface area contributed by atoms with Crippen molar-refractivity contribution in [2.24, 2.45) is 0 Å². The summed E-state index contributed by atoms with van der Waals surface area (Å²) in [6.45, 7) is 15.0. The number of ether oxygens (including phenoxy) is 2. The molecule has 0 spiro atoms.